The second-order valence-corrected chi connectivity index (χ2v) is 4.63. The molecule has 7 heteroatoms. The van der Waals surface area contributed by atoms with Gasteiger partial charge >= 0.3 is 0 Å². The Balaban J connectivity index is 2.10. The summed E-state index contributed by atoms with van der Waals surface area (Å²) in [6, 6.07) is 5.49. The summed E-state index contributed by atoms with van der Waals surface area (Å²) in [5.41, 5.74) is 6.43. The number of hydrogen-bond acceptors (Lipinski definition) is 5. The van der Waals surface area contributed by atoms with Gasteiger partial charge in [0, 0.05) is 16.3 Å². The van der Waals surface area contributed by atoms with E-state index in [1.807, 2.05) is 12.1 Å². The Morgan fingerprint density at radius 3 is 3.00 bits per heavy atom. The Kier molecular flexibility index (Phi) is 3.75. The third-order valence-electron chi connectivity index (χ3n) is 2.08. The standard InChI is InChI=1S/C10H11ClN4OS/c1-16-8-3-2-7(11)4-6(8)5-17-10-13-9(12)14-15-10/h2-4H,5H2,1H3,(H3,12,13,14,15). The van der Waals surface area contributed by atoms with Crippen LogP contribution < -0.4 is 10.5 Å². The van der Waals surface area contributed by atoms with Crippen molar-refractivity contribution in [3.8, 4) is 5.75 Å². The lowest BCUT2D eigenvalue weighted by atomic mass is 10.2. The van der Waals surface area contributed by atoms with Gasteiger partial charge in [-0.15, -0.1) is 5.10 Å². The average Bonchev–Trinajstić information content (AvgIpc) is 2.73. The maximum Gasteiger partial charge on any atom is 0.216 e. The fourth-order valence-corrected chi connectivity index (χ4v) is 2.30. The summed E-state index contributed by atoms with van der Waals surface area (Å²) in [6.07, 6.45) is 0. The van der Waals surface area contributed by atoms with Gasteiger partial charge in [-0.1, -0.05) is 23.4 Å². The van der Waals surface area contributed by atoms with Crippen LogP contribution in [0.2, 0.25) is 5.02 Å². The molecule has 0 aliphatic heterocycles. The van der Waals surface area contributed by atoms with Gasteiger partial charge in [-0.3, -0.25) is 0 Å². The lowest BCUT2D eigenvalue weighted by Gasteiger charge is -2.07. The number of rotatable bonds is 4. The lowest BCUT2D eigenvalue weighted by Crippen LogP contribution is -1.90. The number of nitrogen functional groups attached to an aromatic ring is 1. The van der Waals surface area contributed by atoms with Gasteiger partial charge in [0.25, 0.3) is 0 Å². The van der Waals surface area contributed by atoms with Crippen molar-refractivity contribution >= 4 is 29.3 Å². The number of nitrogens with two attached hydrogens (primary N) is 1. The van der Waals surface area contributed by atoms with Gasteiger partial charge in [0.15, 0.2) is 0 Å². The Morgan fingerprint density at radius 2 is 2.35 bits per heavy atom. The topological polar surface area (TPSA) is 76.8 Å². The number of H-pyrrole nitrogens is 1. The van der Waals surface area contributed by atoms with Gasteiger partial charge in [0.2, 0.25) is 11.1 Å². The van der Waals surface area contributed by atoms with E-state index in [4.69, 9.17) is 22.1 Å². The van der Waals surface area contributed by atoms with E-state index in [0.717, 1.165) is 11.3 Å². The van der Waals surface area contributed by atoms with Crippen molar-refractivity contribution < 1.29 is 4.74 Å². The molecule has 1 aromatic heterocycles. The molecule has 0 radical (unpaired) electrons. The summed E-state index contributed by atoms with van der Waals surface area (Å²) in [4.78, 5) is 4.00. The summed E-state index contributed by atoms with van der Waals surface area (Å²) < 4.78 is 5.25. The molecule has 0 aliphatic rings. The highest BCUT2D eigenvalue weighted by atomic mass is 35.5. The van der Waals surface area contributed by atoms with Gasteiger partial charge in [0.1, 0.15) is 5.75 Å². The Bertz CT molecular complexity index is 517. The zero-order chi connectivity index (χ0) is 12.3. The van der Waals surface area contributed by atoms with E-state index in [-0.39, 0.29) is 0 Å². The molecule has 0 atom stereocenters. The molecule has 1 heterocycles. The number of methoxy groups -OCH3 is 1. The summed E-state index contributed by atoms with van der Waals surface area (Å²) in [5, 5.41) is 7.80. The molecule has 0 spiro atoms. The summed E-state index contributed by atoms with van der Waals surface area (Å²) in [7, 11) is 1.63. The minimum Gasteiger partial charge on any atom is -0.496 e. The minimum atomic E-state index is 0.311. The zero-order valence-corrected chi connectivity index (χ0v) is 10.7. The third-order valence-corrected chi connectivity index (χ3v) is 3.21. The normalized spacial score (nSPS) is 10.5. The van der Waals surface area contributed by atoms with E-state index < -0.39 is 0 Å². The summed E-state index contributed by atoms with van der Waals surface area (Å²) >= 11 is 7.40. The lowest BCUT2D eigenvalue weighted by molar-refractivity contribution is 0.411. The van der Waals surface area contributed by atoms with Crippen LogP contribution in [-0.4, -0.2) is 22.3 Å². The predicted molar refractivity (Wildman–Crippen MR) is 68.4 cm³/mol. The number of ether oxygens (including phenoxy) is 1. The average molecular weight is 271 g/mol. The first-order valence-corrected chi connectivity index (χ1v) is 6.18. The molecule has 2 rings (SSSR count). The fourth-order valence-electron chi connectivity index (χ4n) is 1.32. The van der Waals surface area contributed by atoms with Crippen LogP contribution in [0.5, 0.6) is 5.75 Å². The van der Waals surface area contributed by atoms with Crippen LogP contribution in [0.3, 0.4) is 0 Å². The predicted octanol–water partition coefficient (Wildman–Crippen LogP) is 2.34. The molecule has 0 saturated heterocycles. The number of aromatic nitrogens is 3. The number of nitrogens with one attached hydrogen (secondary N) is 1. The summed E-state index contributed by atoms with van der Waals surface area (Å²) in [5.74, 6) is 1.78. The number of hydrogen-bond donors (Lipinski definition) is 2. The molecule has 0 fully saturated rings. The first-order valence-electron chi connectivity index (χ1n) is 4.82. The first-order chi connectivity index (χ1) is 8.19. The smallest absolute Gasteiger partial charge is 0.216 e. The van der Waals surface area contributed by atoms with E-state index in [1.54, 1.807) is 13.2 Å². The van der Waals surface area contributed by atoms with E-state index >= 15 is 0 Å². The van der Waals surface area contributed by atoms with E-state index in [1.165, 1.54) is 11.8 Å². The molecule has 90 valence electrons. The molecule has 3 N–H and O–H groups in total. The number of benzene rings is 1. The molecule has 0 amide bonds. The highest BCUT2D eigenvalue weighted by Crippen LogP contribution is 2.28. The van der Waals surface area contributed by atoms with Gasteiger partial charge in [-0.25, -0.2) is 5.10 Å². The van der Waals surface area contributed by atoms with Crippen LogP contribution >= 0.6 is 23.4 Å². The maximum atomic E-state index is 5.94. The fraction of sp³-hybridized carbons (Fsp3) is 0.200. The largest absolute Gasteiger partial charge is 0.496 e. The third kappa shape index (κ3) is 3.04. The number of anilines is 1. The highest BCUT2D eigenvalue weighted by molar-refractivity contribution is 7.98. The van der Waals surface area contributed by atoms with Crippen LogP contribution in [0.4, 0.5) is 5.95 Å². The molecule has 0 unspecified atom stereocenters. The molecule has 0 aliphatic carbocycles. The molecule has 17 heavy (non-hydrogen) atoms. The number of nitrogens with zero attached hydrogens (tertiary/aromatic N) is 2. The second-order valence-electron chi connectivity index (χ2n) is 3.25. The molecular formula is C10H11ClN4OS. The molecule has 1 aromatic carbocycles. The van der Waals surface area contributed by atoms with Crippen molar-refractivity contribution in [2.45, 2.75) is 10.9 Å². The van der Waals surface area contributed by atoms with Crippen molar-refractivity contribution in [1.29, 1.82) is 0 Å². The van der Waals surface area contributed by atoms with Crippen molar-refractivity contribution in [3.05, 3.63) is 28.8 Å². The van der Waals surface area contributed by atoms with Crippen LogP contribution in [-0.2, 0) is 5.75 Å². The maximum absolute atomic E-state index is 5.94. The van der Waals surface area contributed by atoms with Crippen LogP contribution in [0.1, 0.15) is 5.56 Å². The van der Waals surface area contributed by atoms with Crippen LogP contribution in [0, 0.1) is 0 Å². The second kappa shape index (κ2) is 5.29. The summed E-state index contributed by atoms with van der Waals surface area (Å²) in [6.45, 7) is 0. The number of halogens is 1. The monoisotopic (exact) mass is 270 g/mol. The van der Waals surface area contributed by atoms with Crippen molar-refractivity contribution in [2.24, 2.45) is 0 Å². The molecule has 0 bridgehead atoms. The Morgan fingerprint density at radius 1 is 1.53 bits per heavy atom. The van der Waals surface area contributed by atoms with Gasteiger partial charge in [-0.2, -0.15) is 4.98 Å². The van der Waals surface area contributed by atoms with Crippen LogP contribution in [0.15, 0.2) is 23.4 Å². The molecule has 5 nitrogen and oxygen atoms in total. The number of thioether (sulfide) groups is 1. The SMILES string of the molecule is COc1ccc(Cl)cc1CSc1n[nH]c(N)n1. The van der Waals surface area contributed by atoms with E-state index in [0.29, 0.717) is 21.9 Å². The quantitative estimate of drug-likeness (QED) is 0.834. The van der Waals surface area contributed by atoms with E-state index in [2.05, 4.69) is 15.2 Å². The highest BCUT2D eigenvalue weighted by Gasteiger charge is 2.07. The van der Waals surface area contributed by atoms with Crippen molar-refractivity contribution in [1.82, 2.24) is 15.2 Å². The first kappa shape index (κ1) is 12.1. The zero-order valence-electron chi connectivity index (χ0n) is 9.11. The van der Waals surface area contributed by atoms with E-state index in [9.17, 15) is 0 Å². The Hall–Kier alpha value is -1.40. The van der Waals surface area contributed by atoms with Gasteiger partial charge < -0.3 is 10.5 Å². The Labute approximate surface area is 108 Å². The van der Waals surface area contributed by atoms with Crippen molar-refractivity contribution in [3.63, 3.8) is 0 Å². The van der Waals surface area contributed by atoms with Gasteiger partial charge in [-0.05, 0) is 18.2 Å². The molecule has 2 aromatic rings. The minimum absolute atomic E-state index is 0.311. The number of aromatic amines is 1. The van der Waals surface area contributed by atoms with Gasteiger partial charge in [0.05, 0.1) is 7.11 Å². The van der Waals surface area contributed by atoms with Crippen molar-refractivity contribution in [2.75, 3.05) is 12.8 Å². The molecular weight excluding hydrogens is 260 g/mol. The van der Waals surface area contributed by atoms with Crippen LogP contribution in [0.25, 0.3) is 0 Å². The molecule has 0 saturated carbocycles.